The molecule has 0 atom stereocenters. The van der Waals surface area contributed by atoms with Gasteiger partial charge in [-0.25, -0.2) is 4.98 Å². The molecule has 0 unspecified atom stereocenters. The lowest BCUT2D eigenvalue weighted by atomic mass is 10.1. The first-order valence-corrected chi connectivity index (χ1v) is 10.5. The second kappa shape index (κ2) is 9.53. The summed E-state index contributed by atoms with van der Waals surface area (Å²) in [6.07, 6.45) is 2.72. The van der Waals surface area contributed by atoms with Crippen molar-refractivity contribution in [1.82, 2.24) is 9.88 Å². The number of thioether (sulfide) groups is 1. The van der Waals surface area contributed by atoms with E-state index in [0.29, 0.717) is 22.0 Å². The average Bonchev–Trinajstić information content (AvgIpc) is 3.08. The van der Waals surface area contributed by atoms with Gasteiger partial charge in [-0.1, -0.05) is 36.4 Å². The fraction of sp³-hybridized carbons (Fsp3) is 0.0870. The molecule has 33 heavy (non-hydrogen) atoms. The van der Waals surface area contributed by atoms with E-state index in [1.54, 1.807) is 24.3 Å². The Labute approximate surface area is 192 Å². The zero-order chi connectivity index (χ0) is 23.4. The molecule has 1 aromatic heterocycles. The van der Waals surface area contributed by atoms with Crippen LogP contribution in [0.5, 0.6) is 17.4 Å². The molecule has 166 valence electrons. The minimum atomic E-state index is -0.548. The predicted molar refractivity (Wildman–Crippen MR) is 122 cm³/mol. The van der Waals surface area contributed by atoms with Gasteiger partial charge >= 0.3 is 0 Å². The number of imide groups is 1. The van der Waals surface area contributed by atoms with E-state index in [1.807, 2.05) is 30.3 Å². The van der Waals surface area contributed by atoms with Gasteiger partial charge in [0.2, 0.25) is 5.88 Å². The smallest absolute Gasteiger partial charge is 0.293 e. The van der Waals surface area contributed by atoms with Crippen LogP contribution in [-0.2, 0) is 11.3 Å². The average molecular weight is 463 g/mol. The van der Waals surface area contributed by atoms with Crippen molar-refractivity contribution in [1.29, 1.82) is 0 Å². The van der Waals surface area contributed by atoms with E-state index in [4.69, 9.17) is 9.47 Å². The van der Waals surface area contributed by atoms with Gasteiger partial charge in [0, 0.05) is 12.1 Å². The van der Waals surface area contributed by atoms with Gasteiger partial charge in [-0.2, -0.15) is 0 Å². The van der Waals surface area contributed by atoms with Crippen molar-refractivity contribution in [3.05, 3.63) is 93.0 Å². The highest BCUT2D eigenvalue weighted by Gasteiger charge is 2.35. The molecule has 3 aromatic rings. The maximum atomic E-state index is 12.8. The topological polar surface area (TPSA) is 112 Å². The lowest BCUT2D eigenvalue weighted by molar-refractivity contribution is -0.385. The van der Waals surface area contributed by atoms with Gasteiger partial charge < -0.3 is 9.47 Å². The number of amides is 2. The Hall–Kier alpha value is -4.18. The van der Waals surface area contributed by atoms with Crippen molar-refractivity contribution in [2.45, 2.75) is 6.54 Å². The van der Waals surface area contributed by atoms with Crippen LogP contribution < -0.4 is 9.47 Å². The Kier molecular flexibility index (Phi) is 6.36. The molecule has 0 N–H and O–H groups in total. The SMILES string of the molecule is COc1cc(/C=C2/SC(=O)N(Cc3ccccc3)C2=O)ccc1Oc1ccc([N+](=O)[O-])cn1. The number of hydrogen-bond acceptors (Lipinski definition) is 8. The number of pyridine rings is 1. The molecular formula is C23H17N3O6S. The third kappa shape index (κ3) is 5.01. The van der Waals surface area contributed by atoms with Crippen LogP contribution in [0, 0.1) is 10.1 Å². The molecule has 0 saturated carbocycles. The van der Waals surface area contributed by atoms with Crippen molar-refractivity contribution >= 4 is 34.7 Å². The van der Waals surface area contributed by atoms with Gasteiger partial charge in [-0.15, -0.1) is 0 Å². The lowest BCUT2D eigenvalue weighted by Gasteiger charge is -2.12. The van der Waals surface area contributed by atoms with Gasteiger partial charge in [0.05, 0.1) is 23.5 Å². The van der Waals surface area contributed by atoms with E-state index in [2.05, 4.69) is 4.98 Å². The number of ether oxygens (including phenoxy) is 2. The number of nitrogens with zero attached hydrogens (tertiary/aromatic N) is 3. The third-order valence-corrected chi connectivity index (χ3v) is 5.60. The lowest BCUT2D eigenvalue weighted by Crippen LogP contribution is -2.27. The first kappa shape index (κ1) is 22.0. The summed E-state index contributed by atoms with van der Waals surface area (Å²) in [7, 11) is 1.46. The fourth-order valence-electron chi connectivity index (χ4n) is 3.07. The van der Waals surface area contributed by atoms with E-state index in [1.165, 1.54) is 24.1 Å². The molecule has 2 amide bonds. The number of nitro groups is 1. The van der Waals surface area contributed by atoms with E-state index in [-0.39, 0.29) is 29.3 Å². The van der Waals surface area contributed by atoms with Gasteiger partial charge in [-0.05, 0) is 41.1 Å². The number of carbonyl (C=O) groups excluding carboxylic acids is 2. The van der Waals surface area contributed by atoms with Crippen molar-refractivity contribution in [3.63, 3.8) is 0 Å². The molecule has 1 aliphatic rings. The number of benzene rings is 2. The number of hydrogen-bond donors (Lipinski definition) is 0. The summed E-state index contributed by atoms with van der Waals surface area (Å²) in [6.45, 7) is 0.210. The van der Waals surface area contributed by atoms with Crippen LogP contribution in [-0.4, -0.2) is 33.1 Å². The Bertz CT molecular complexity index is 1240. The van der Waals surface area contributed by atoms with Crippen LogP contribution in [0.25, 0.3) is 6.08 Å². The first-order chi connectivity index (χ1) is 15.9. The van der Waals surface area contributed by atoms with Gasteiger partial charge in [0.25, 0.3) is 16.8 Å². The minimum Gasteiger partial charge on any atom is -0.493 e. The highest BCUT2D eigenvalue weighted by Crippen LogP contribution is 2.36. The zero-order valence-electron chi connectivity index (χ0n) is 17.3. The van der Waals surface area contributed by atoms with E-state index in [9.17, 15) is 19.7 Å². The van der Waals surface area contributed by atoms with E-state index < -0.39 is 4.92 Å². The van der Waals surface area contributed by atoms with Crippen molar-refractivity contribution < 1.29 is 24.0 Å². The Morgan fingerprint density at radius 2 is 1.88 bits per heavy atom. The highest BCUT2D eigenvalue weighted by atomic mass is 32.2. The van der Waals surface area contributed by atoms with Gasteiger partial charge in [0.15, 0.2) is 11.5 Å². The second-order valence-electron chi connectivity index (χ2n) is 6.88. The normalized spacial score (nSPS) is 14.6. The van der Waals surface area contributed by atoms with Crippen molar-refractivity contribution in [2.24, 2.45) is 0 Å². The number of rotatable bonds is 7. The van der Waals surface area contributed by atoms with Gasteiger partial charge in [-0.3, -0.25) is 24.6 Å². The molecule has 2 aromatic carbocycles. The molecule has 10 heteroatoms. The molecule has 0 radical (unpaired) electrons. The highest BCUT2D eigenvalue weighted by molar-refractivity contribution is 8.18. The Morgan fingerprint density at radius 3 is 2.55 bits per heavy atom. The molecule has 1 aliphatic heterocycles. The third-order valence-electron chi connectivity index (χ3n) is 4.69. The van der Waals surface area contributed by atoms with E-state index in [0.717, 1.165) is 23.5 Å². The largest absolute Gasteiger partial charge is 0.493 e. The molecule has 0 bridgehead atoms. The molecule has 0 aliphatic carbocycles. The number of aromatic nitrogens is 1. The predicted octanol–water partition coefficient (Wildman–Crippen LogP) is 5.03. The fourth-order valence-corrected chi connectivity index (χ4v) is 3.90. The summed E-state index contributed by atoms with van der Waals surface area (Å²) in [5, 5.41) is 10.4. The van der Waals surface area contributed by atoms with Crippen molar-refractivity contribution in [2.75, 3.05) is 7.11 Å². The molecule has 9 nitrogen and oxygen atoms in total. The Morgan fingerprint density at radius 1 is 1.09 bits per heavy atom. The summed E-state index contributed by atoms with van der Waals surface area (Å²) in [5.74, 6) is 0.512. The minimum absolute atomic E-state index is 0.147. The van der Waals surface area contributed by atoms with Crippen LogP contribution in [0.2, 0.25) is 0 Å². The van der Waals surface area contributed by atoms with Crippen LogP contribution >= 0.6 is 11.8 Å². The summed E-state index contributed by atoms with van der Waals surface area (Å²) in [4.78, 5) is 40.8. The number of carbonyl (C=O) groups is 2. The molecule has 4 rings (SSSR count). The quantitative estimate of drug-likeness (QED) is 0.273. The maximum Gasteiger partial charge on any atom is 0.293 e. The second-order valence-corrected chi connectivity index (χ2v) is 7.87. The summed E-state index contributed by atoms with van der Waals surface area (Å²) in [5.41, 5.74) is 1.36. The summed E-state index contributed by atoms with van der Waals surface area (Å²) >= 11 is 0.881. The van der Waals surface area contributed by atoms with Crippen LogP contribution in [0.15, 0.2) is 71.8 Å². The van der Waals surface area contributed by atoms with Crippen molar-refractivity contribution in [3.8, 4) is 17.4 Å². The summed E-state index contributed by atoms with van der Waals surface area (Å²) < 4.78 is 11.0. The molecule has 0 spiro atoms. The maximum absolute atomic E-state index is 12.8. The molecular weight excluding hydrogens is 446 g/mol. The molecule has 1 fully saturated rings. The summed E-state index contributed by atoms with van der Waals surface area (Å²) in [6, 6.07) is 17.0. The van der Waals surface area contributed by atoms with Gasteiger partial charge in [0.1, 0.15) is 6.20 Å². The standard InChI is InChI=1S/C23H17N3O6S/c1-31-19-11-16(7-9-18(19)32-21-10-8-17(13-24-21)26(29)30)12-20-22(27)25(23(28)33-20)14-15-5-3-2-4-6-15/h2-13H,14H2,1H3/b20-12+. The molecule has 1 saturated heterocycles. The van der Waals surface area contributed by atoms with E-state index >= 15 is 0 Å². The van der Waals surface area contributed by atoms with Crippen LogP contribution in [0.4, 0.5) is 10.5 Å². The number of methoxy groups -OCH3 is 1. The zero-order valence-corrected chi connectivity index (χ0v) is 18.2. The Balaban J connectivity index is 1.52. The van der Waals surface area contributed by atoms with Crippen LogP contribution in [0.3, 0.4) is 0 Å². The first-order valence-electron chi connectivity index (χ1n) is 9.70. The molecule has 2 heterocycles. The monoisotopic (exact) mass is 463 g/mol. The van der Waals surface area contributed by atoms with Crippen LogP contribution in [0.1, 0.15) is 11.1 Å².